The van der Waals surface area contributed by atoms with E-state index in [1.807, 2.05) is 13.8 Å². The predicted octanol–water partition coefficient (Wildman–Crippen LogP) is 2.65. The third-order valence-electron chi connectivity index (χ3n) is 4.16. The third kappa shape index (κ3) is 4.05. The minimum Gasteiger partial charge on any atom is -0.361 e. The standard InChI is InChI=1S/C15H27N3O/c1-4-5-8-18-9-6-14(7-10-18)16-11-15-12(2)17-19-13(15)3/h14,16H,4-11H2,1-3H3. The molecule has 108 valence electrons. The lowest BCUT2D eigenvalue weighted by Crippen LogP contribution is -2.42. The Morgan fingerprint density at radius 2 is 2.05 bits per heavy atom. The van der Waals surface area contributed by atoms with Crippen LogP contribution in [-0.2, 0) is 6.54 Å². The lowest BCUT2D eigenvalue weighted by molar-refractivity contribution is 0.195. The summed E-state index contributed by atoms with van der Waals surface area (Å²) in [5, 5.41) is 7.66. The van der Waals surface area contributed by atoms with E-state index in [9.17, 15) is 0 Å². The molecule has 0 amide bonds. The molecule has 1 fully saturated rings. The van der Waals surface area contributed by atoms with Crippen LogP contribution in [0.2, 0.25) is 0 Å². The Labute approximate surface area is 116 Å². The molecule has 4 nitrogen and oxygen atoms in total. The highest BCUT2D eigenvalue weighted by molar-refractivity contribution is 5.20. The van der Waals surface area contributed by atoms with Crippen LogP contribution in [0.4, 0.5) is 0 Å². The highest BCUT2D eigenvalue weighted by Crippen LogP contribution is 2.15. The van der Waals surface area contributed by atoms with Gasteiger partial charge < -0.3 is 14.7 Å². The molecule has 1 aromatic heterocycles. The van der Waals surface area contributed by atoms with Crippen molar-refractivity contribution in [2.75, 3.05) is 19.6 Å². The van der Waals surface area contributed by atoms with Crippen LogP contribution in [0.5, 0.6) is 0 Å². The van der Waals surface area contributed by atoms with Crippen molar-refractivity contribution >= 4 is 0 Å². The Morgan fingerprint density at radius 3 is 2.63 bits per heavy atom. The second kappa shape index (κ2) is 7.06. The van der Waals surface area contributed by atoms with Crippen LogP contribution >= 0.6 is 0 Å². The summed E-state index contributed by atoms with van der Waals surface area (Å²) >= 11 is 0. The van der Waals surface area contributed by atoms with Crippen molar-refractivity contribution in [3.8, 4) is 0 Å². The average molecular weight is 265 g/mol. The van der Waals surface area contributed by atoms with E-state index < -0.39 is 0 Å². The van der Waals surface area contributed by atoms with E-state index in [0.29, 0.717) is 6.04 Å². The lowest BCUT2D eigenvalue weighted by atomic mass is 10.0. The molecule has 2 rings (SSSR count). The van der Waals surface area contributed by atoms with Gasteiger partial charge in [-0.3, -0.25) is 0 Å². The number of nitrogens with one attached hydrogen (secondary N) is 1. The monoisotopic (exact) mass is 265 g/mol. The number of piperidine rings is 1. The number of rotatable bonds is 6. The highest BCUT2D eigenvalue weighted by Gasteiger charge is 2.19. The summed E-state index contributed by atoms with van der Waals surface area (Å²) in [4.78, 5) is 2.59. The van der Waals surface area contributed by atoms with E-state index in [1.165, 1.54) is 50.9 Å². The van der Waals surface area contributed by atoms with Gasteiger partial charge in [0.15, 0.2) is 0 Å². The number of nitrogens with zero attached hydrogens (tertiary/aromatic N) is 2. The molecule has 19 heavy (non-hydrogen) atoms. The molecule has 1 N–H and O–H groups in total. The first kappa shape index (κ1) is 14.5. The topological polar surface area (TPSA) is 41.3 Å². The van der Waals surface area contributed by atoms with Crippen LogP contribution in [0, 0.1) is 13.8 Å². The Balaban J connectivity index is 1.71. The Bertz CT molecular complexity index is 361. The molecule has 4 heteroatoms. The predicted molar refractivity (Wildman–Crippen MR) is 77.2 cm³/mol. The fourth-order valence-electron chi connectivity index (χ4n) is 2.74. The van der Waals surface area contributed by atoms with Gasteiger partial charge in [-0.2, -0.15) is 0 Å². The van der Waals surface area contributed by atoms with Gasteiger partial charge in [-0.1, -0.05) is 18.5 Å². The first-order valence-corrected chi connectivity index (χ1v) is 7.58. The van der Waals surface area contributed by atoms with E-state index in [4.69, 9.17) is 4.52 Å². The zero-order valence-electron chi connectivity index (χ0n) is 12.5. The number of likely N-dealkylation sites (tertiary alicyclic amines) is 1. The largest absolute Gasteiger partial charge is 0.361 e. The summed E-state index contributed by atoms with van der Waals surface area (Å²) in [5.41, 5.74) is 2.25. The van der Waals surface area contributed by atoms with Crippen LogP contribution in [-0.4, -0.2) is 35.7 Å². The van der Waals surface area contributed by atoms with Gasteiger partial charge in [-0.05, 0) is 52.7 Å². The van der Waals surface area contributed by atoms with Crippen molar-refractivity contribution in [1.82, 2.24) is 15.4 Å². The van der Waals surface area contributed by atoms with Crippen LogP contribution in [0.3, 0.4) is 0 Å². The van der Waals surface area contributed by atoms with Crippen LogP contribution in [0.15, 0.2) is 4.52 Å². The summed E-state index contributed by atoms with van der Waals surface area (Å²) in [6.45, 7) is 10.9. The number of unbranched alkanes of at least 4 members (excludes halogenated alkanes) is 1. The van der Waals surface area contributed by atoms with Crippen molar-refractivity contribution in [3.63, 3.8) is 0 Å². The number of aromatic nitrogens is 1. The van der Waals surface area contributed by atoms with E-state index in [2.05, 4.69) is 22.3 Å². The highest BCUT2D eigenvalue weighted by atomic mass is 16.5. The SMILES string of the molecule is CCCCN1CCC(NCc2c(C)noc2C)CC1. The van der Waals surface area contributed by atoms with Gasteiger partial charge in [0.25, 0.3) is 0 Å². The molecule has 0 saturated carbocycles. The Morgan fingerprint density at radius 1 is 1.32 bits per heavy atom. The summed E-state index contributed by atoms with van der Waals surface area (Å²) in [6.07, 6.45) is 5.14. The summed E-state index contributed by atoms with van der Waals surface area (Å²) in [5.74, 6) is 0.949. The number of hydrogen-bond acceptors (Lipinski definition) is 4. The van der Waals surface area contributed by atoms with Crippen molar-refractivity contribution in [2.45, 2.75) is 59.0 Å². The van der Waals surface area contributed by atoms with Crippen molar-refractivity contribution in [3.05, 3.63) is 17.0 Å². The Hall–Kier alpha value is -0.870. The van der Waals surface area contributed by atoms with Crippen molar-refractivity contribution < 1.29 is 4.52 Å². The second-order valence-electron chi connectivity index (χ2n) is 5.65. The molecule has 1 aromatic rings. The smallest absolute Gasteiger partial charge is 0.138 e. The summed E-state index contributed by atoms with van der Waals surface area (Å²) in [6, 6.07) is 0.645. The Kier molecular flexibility index (Phi) is 5.40. The summed E-state index contributed by atoms with van der Waals surface area (Å²) in [7, 11) is 0. The van der Waals surface area contributed by atoms with Gasteiger partial charge in [-0.15, -0.1) is 0 Å². The minimum atomic E-state index is 0.645. The maximum absolute atomic E-state index is 5.20. The molecule has 0 spiro atoms. The lowest BCUT2D eigenvalue weighted by Gasteiger charge is -2.32. The average Bonchev–Trinajstić information content (AvgIpc) is 2.75. The fraction of sp³-hybridized carbons (Fsp3) is 0.800. The van der Waals surface area contributed by atoms with Crippen LogP contribution in [0.25, 0.3) is 0 Å². The molecule has 0 radical (unpaired) electrons. The van der Waals surface area contributed by atoms with Gasteiger partial charge in [-0.25, -0.2) is 0 Å². The molecule has 0 unspecified atom stereocenters. The summed E-state index contributed by atoms with van der Waals surface area (Å²) < 4.78 is 5.20. The maximum atomic E-state index is 5.20. The fourth-order valence-corrected chi connectivity index (χ4v) is 2.74. The van der Waals surface area contributed by atoms with Crippen LogP contribution in [0.1, 0.15) is 49.6 Å². The van der Waals surface area contributed by atoms with Gasteiger partial charge in [0.2, 0.25) is 0 Å². The molecular formula is C15H27N3O. The number of hydrogen-bond donors (Lipinski definition) is 1. The molecular weight excluding hydrogens is 238 g/mol. The molecule has 1 aliphatic heterocycles. The van der Waals surface area contributed by atoms with Gasteiger partial charge in [0, 0.05) is 18.2 Å². The zero-order chi connectivity index (χ0) is 13.7. The number of aryl methyl sites for hydroxylation is 2. The molecule has 0 bridgehead atoms. The van der Waals surface area contributed by atoms with E-state index in [-0.39, 0.29) is 0 Å². The van der Waals surface area contributed by atoms with E-state index in [0.717, 1.165) is 18.0 Å². The van der Waals surface area contributed by atoms with Gasteiger partial charge in [0.05, 0.1) is 5.69 Å². The second-order valence-corrected chi connectivity index (χ2v) is 5.65. The molecule has 0 aliphatic carbocycles. The van der Waals surface area contributed by atoms with Crippen LogP contribution < -0.4 is 5.32 Å². The quantitative estimate of drug-likeness (QED) is 0.858. The molecule has 1 saturated heterocycles. The molecule has 1 aliphatic rings. The van der Waals surface area contributed by atoms with Gasteiger partial charge >= 0.3 is 0 Å². The maximum Gasteiger partial charge on any atom is 0.138 e. The van der Waals surface area contributed by atoms with E-state index in [1.54, 1.807) is 0 Å². The van der Waals surface area contributed by atoms with Gasteiger partial charge in [0.1, 0.15) is 5.76 Å². The molecule has 0 atom stereocenters. The first-order valence-electron chi connectivity index (χ1n) is 7.58. The zero-order valence-corrected chi connectivity index (χ0v) is 12.5. The molecule has 0 aromatic carbocycles. The third-order valence-corrected chi connectivity index (χ3v) is 4.16. The minimum absolute atomic E-state index is 0.645. The normalized spacial score (nSPS) is 18.1. The first-order chi connectivity index (χ1) is 9.20. The van der Waals surface area contributed by atoms with Crippen molar-refractivity contribution in [1.29, 1.82) is 0 Å². The van der Waals surface area contributed by atoms with Crippen molar-refractivity contribution in [2.24, 2.45) is 0 Å². The van der Waals surface area contributed by atoms with E-state index >= 15 is 0 Å². The molecule has 2 heterocycles.